The van der Waals surface area contributed by atoms with E-state index in [2.05, 4.69) is 6.58 Å². The highest BCUT2D eigenvalue weighted by Crippen LogP contribution is 2.09. The molecule has 84 valence electrons. The van der Waals surface area contributed by atoms with Crippen LogP contribution in [0, 0.1) is 0 Å². The Morgan fingerprint density at radius 1 is 1.47 bits per heavy atom. The Morgan fingerprint density at radius 3 is 2.80 bits per heavy atom. The van der Waals surface area contributed by atoms with Crippen molar-refractivity contribution in [3.05, 3.63) is 37.1 Å². The first kappa shape index (κ1) is 12.0. The molecule has 0 saturated carbocycles. The molecule has 0 bridgehead atoms. The van der Waals surface area contributed by atoms with Gasteiger partial charge in [0, 0.05) is 6.54 Å². The fourth-order valence-corrected chi connectivity index (χ4v) is 1.91. The Kier molecular flexibility index (Phi) is 4.11. The van der Waals surface area contributed by atoms with Crippen LogP contribution in [-0.2, 0) is 10.1 Å². The van der Waals surface area contributed by atoms with Gasteiger partial charge in [-0.05, 0) is 18.7 Å². The molecule has 0 fully saturated rings. The smallest absolute Gasteiger partial charge is 0.264 e. The van der Waals surface area contributed by atoms with Gasteiger partial charge in [-0.25, -0.2) is 0 Å². The zero-order valence-electron chi connectivity index (χ0n) is 8.41. The second-order valence-corrected chi connectivity index (χ2v) is 4.90. The molecule has 5 heteroatoms. The second kappa shape index (κ2) is 5.14. The van der Waals surface area contributed by atoms with Crippen LogP contribution in [0.2, 0.25) is 0 Å². The first-order valence-corrected chi connectivity index (χ1v) is 6.32. The minimum atomic E-state index is -3.84. The molecule has 0 amide bonds. The average Bonchev–Trinajstić information content (AvgIpc) is 2.16. The predicted molar refractivity (Wildman–Crippen MR) is 60.0 cm³/mol. The highest BCUT2D eigenvalue weighted by molar-refractivity contribution is 7.85. The third-order valence-corrected chi connectivity index (χ3v) is 2.94. The van der Waals surface area contributed by atoms with Crippen molar-refractivity contribution in [3.8, 4) is 0 Å². The van der Waals surface area contributed by atoms with Gasteiger partial charge in [0.25, 0.3) is 10.1 Å². The molecule has 15 heavy (non-hydrogen) atoms. The van der Waals surface area contributed by atoms with Crippen LogP contribution in [0.4, 0.5) is 0 Å². The van der Waals surface area contributed by atoms with E-state index in [0.717, 1.165) is 0 Å². The molecule has 0 spiro atoms. The van der Waals surface area contributed by atoms with Crippen molar-refractivity contribution in [2.75, 3.05) is 12.3 Å². The van der Waals surface area contributed by atoms with Crippen LogP contribution in [0.3, 0.4) is 0 Å². The normalized spacial score (nSPS) is 20.6. The molecule has 1 atom stereocenters. The van der Waals surface area contributed by atoms with Gasteiger partial charge in [-0.15, -0.1) is 6.58 Å². The summed E-state index contributed by atoms with van der Waals surface area (Å²) in [5.74, 6) is -0.203. The number of allylic oxidation sites excluding steroid dienone is 2. The molecule has 0 saturated heterocycles. The molecule has 1 rings (SSSR count). The molecule has 1 heterocycles. The van der Waals surface area contributed by atoms with Crippen molar-refractivity contribution < 1.29 is 13.0 Å². The molecule has 0 aromatic heterocycles. The van der Waals surface area contributed by atoms with Gasteiger partial charge in [0.2, 0.25) is 0 Å². The van der Waals surface area contributed by atoms with Crippen LogP contribution in [0.15, 0.2) is 37.1 Å². The van der Waals surface area contributed by atoms with Crippen molar-refractivity contribution in [1.82, 2.24) is 4.90 Å². The van der Waals surface area contributed by atoms with E-state index in [1.54, 1.807) is 6.08 Å². The van der Waals surface area contributed by atoms with Gasteiger partial charge in [0.05, 0.1) is 11.8 Å². The van der Waals surface area contributed by atoms with E-state index in [0.29, 0.717) is 13.0 Å². The summed E-state index contributed by atoms with van der Waals surface area (Å²) in [7, 11) is -3.84. The molecule has 0 aliphatic carbocycles. The first-order valence-electron chi connectivity index (χ1n) is 4.71. The summed E-state index contributed by atoms with van der Waals surface area (Å²) in [5.41, 5.74) is 0. The van der Waals surface area contributed by atoms with E-state index in [1.807, 2.05) is 29.3 Å². The first-order chi connectivity index (χ1) is 7.03. The fourth-order valence-electron chi connectivity index (χ4n) is 1.42. The maximum Gasteiger partial charge on any atom is 0.264 e. The van der Waals surface area contributed by atoms with E-state index in [9.17, 15) is 8.42 Å². The molecule has 0 aromatic rings. The van der Waals surface area contributed by atoms with Crippen molar-refractivity contribution in [2.24, 2.45) is 0 Å². The summed E-state index contributed by atoms with van der Waals surface area (Å²) in [6.07, 6.45) is 9.85. The Bertz CT molecular complexity index is 370. The second-order valence-electron chi connectivity index (χ2n) is 3.33. The standard InChI is InChI=1S/C10H15NO3S/c1-2-10-6-3-4-7-11(10)8-5-9-15(12,13)14/h2-4,6-7,10H,1,5,8-9H2,(H,12,13,14). The van der Waals surface area contributed by atoms with Gasteiger partial charge in [0.15, 0.2) is 0 Å². The lowest BCUT2D eigenvalue weighted by atomic mass is 10.2. The highest BCUT2D eigenvalue weighted by atomic mass is 32.2. The topological polar surface area (TPSA) is 57.6 Å². The quantitative estimate of drug-likeness (QED) is 0.568. The lowest BCUT2D eigenvalue weighted by molar-refractivity contribution is 0.355. The summed E-state index contributed by atoms with van der Waals surface area (Å²) < 4.78 is 29.6. The van der Waals surface area contributed by atoms with E-state index >= 15 is 0 Å². The van der Waals surface area contributed by atoms with Crippen LogP contribution < -0.4 is 0 Å². The van der Waals surface area contributed by atoms with Gasteiger partial charge in [-0.1, -0.05) is 18.2 Å². The number of rotatable bonds is 5. The van der Waals surface area contributed by atoms with E-state index in [-0.39, 0.29) is 11.8 Å². The Labute approximate surface area is 90.3 Å². The van der Waals surface area contributed by atoms with Crippen LogP contribution in [0.1, 0.15) is 6.42 Å². The molecular weight excluding hydrogens is 214 g/mol. The molecule has 1 aliphatic rings. The zero-order valence-corrected chi connectivity index (χ0v) is 9.23. The SMILES string of the molecule is C=CC1C=CC=CN1CCCS(=O)(=O)O. The summed E-state index contributed by atoms with van der Waals surface area (Å²) in [6.45, 7) is 4.28. The van der Waals surface area contributed by atoms with Gasteiger partial charge in [0.1, 0.15) is 0 Å². The zero-order chi connectivity index (χ0) is 11.3. The lowest BCUT2D eigenvalue weighted by Crippen LogP contribution is -2.30. The summed E-state index contributed by atoms with van der Waals surface area (Å²) in [6, 6.07) is 0.108. The molecule has 1 unspecified atom stereocenters. The van der Waals surface area contributed by atoms with Crippen molar-refractivity contribution in [2.45, 2.75) is 12.5 Å². The van der Waals surface area contributed by atoms with Gasteiger partial charge < -0.3 is 4.90 Å². The van der Waals surface area contributed by atoms with E-state index < -0.39 is 10.1 Å². The number of hydrogen-bond acceptors (Lipinski definition) is 3. The van der Waals surface area contributed by atoms with Gasteiger partial charge >= 0.3 is 0 Å². The minimum Gasteiger partial charge on any atom is -0.368 e. The summed E-state index contributed by atoms with van der Waals surface area (Å²) in [5, 5.41) is 0. The monoisotopic (exact) mass is 229 g/mol. The highest BCUT2D eigenvalue weighted by Gasteiger charge is 2.12. The van der Waals surface area contributed by atoms with Crippen molar-refractivity contribution in [3.63, 3.8) is 0 Å². The van der Waals surface area contributed by atoms with Gasteiger partial charge in [-0.3, -0.25) is 4.55 Å². The molecule has 4 nitrogen and oxygen atoms in total. The van der Waals surface area contributed by atoms with Crippen LogP contribution >= 0.6 is 0 Å². The minimum absolute atomic E-state index is 0.108. The lowest BCUT2D eigenvalue weighted by Gasteiger charge is -2.27. The molecular formula is C10H15NO3S. The predicted octanol–water partition coefficient (Wildman–Crippen LogP) is 1.20. The third-order valence-electron chi connectivity index (χ3n) is 2.14. The number of nitrogens with zero attached hydrogens (tertiary/aromatic N) is 1. The maximum atomic E-state index is 10.5. The van der Waals surface area contributed by atoms with Crippen LogP contribution in [-0.4, -0.2) is 36.2 Å². The third kappa shape index (κ3) is 4.31. The number of hydrogen-bond donors (Lipinski definition) is 1. The van der Waals surface area contributed by atoms with E-state index in [4.69, 9.17) is 4.55 Å². The van der Waals surface area contributed by atoms with Crippen LogP contribution in [0.5, 0.6) is 0 Å². The largest absolute Gasteiger partial charge is 0.368 e. The van der Waals surface area contributed by atoms with Crippen molar-refractivity contribution >= 4 is 10.1 Å². The van der Waals surface area contributed by atoms with Crippen molar-refractivity contribution in [1.29, 1.82) is 0 Å². The Morgan fingerprint density at radius 2 is 2.20 bits per heavy atom. The molecule has 0 aromatic carbocycles. The summed E-state index contributed by atoms with van der Waals surface area (Å²) >= 11 is 0. The average molecular weight is 229 g/mol. The van der Waals surface area contributed by atoms with Gasteiger partial charge in [-0.2, -0.15) is 8.42 Å². The van der Waals surface area contributed by atoms with Crippen LogP contribution in [0.25, 0.3) is 0 Å². The van der Waals surface area contributed by atoms with E-state index in [1.165, 1.54) is 0 Å². The maximum absolute atomic E-state index is 10.5. The molecule has 0 radical (unpaired) electrons. The summed E-state index contributed by atoms with van der Waals surface area (Å²) in [4.78, 5) is 1.97. The molecule has 1 aliphatic heterocycles. The Hall–Kier alpha value is -1.07. The molecule has 1 N–H and O–H groups in total. The fraction of sp³-hybridized carbons (Fsp3) is 0.400. The Balaban J connectivity index is 2.41.